The van der Waals surface area contributed by atoms with E-state index in [-0.39, 0.29) is 23.7 Å². The van der Waals surface area contributed by atoms with E-state index in [1.807, 2.05) is 30.3 Å². The van der Waals surface area contributed by atoms with Crippen molar-refractivity contribution < 1.29 is 9.59 Å². The molecule has 2 aliphatic rings. The van der Waals surface area contributed by atoms with Gasteiger partial charge in [0.15, 0.2) is 0 Å². The SMILES string of the molecule is O=C(NCCC1=CCCCC1)C1CC1C(=O)NCc1ccccc1. The number of amides is 2. The Morgan fingerprint density at radius 3 is 2.46 bits per heavy atom. The molecule has 2 aliphatic carbocycles. The number of hydrogen-bond donors (Lipinski definition) is 2. The minimum Gasteiger partial charge on any atom is -0.356 e. The Labute approximate surface area is 143 Å². The molecular formula is C20H26N2O2. The molecule has 2 atom stereocenters. The Kier molecular flexibility index (Phi) is 5.68. The zero-order valence-electron chi connectivity index (χ0n) is 14.1. The normalized spacial score (nSPS) is 22.4. The van der Waals surface area contributed by atoms with Gasteiger partial charge < -0.3 is 10.6 Å². The fourth-order valence-electron chi connectivity index (χ4n) is 3.30. The molecule has 0 bridgehead atoms. The topological polar surface area (TPSA) is 58.2 Å². The summed E-state index contributed by atoms with van der Waals surface area (Å²) < 4.78 is 0. The van der Waals surface area contributed by atoms with Crippen LogP contribution < -0.4 is 10.6 Å². The van der Waals surface area contributed by atoms with E-state index in [0.29, 0.717) is 19.5 Å². The molecule has 2 unspecified atom stereocenters. The van der Waals surface area contributed by atoms with Crippen LogP contribution in [0.2, 0.25) is 0 Å². The van der Waals surface area contributed by atoms with E-state index in [1.165, 1.54) is 31.3 Å². The van der Waals surface area contributed by atoms with Crippen molar-refractivity contribution in [3.63, 3.8) is 0 Å². The highest BCUT2D eigenvalue weighted by molar-refractivity contribution is 5.92. The van der Waals surface area contributed by atoms with Crippen LogP contribution in [-0.4, -0.2) is 18.4 Å². The zero-order valence-corrected chi connectivity index (χ0v) is 14.1. The van der Waals surface area contributed by atoms with Crippen LogP contribution in [0, 0.1) is 11.8 Å². The van der Waals surface area contributed by atoms with Crippen LogP contribution in [-0.2, 0) is 16.1 Å². The fourth-order valence-corrected chi connectivity index (χ4v) is 3.30. The number of allylic oxidation sites excluding steroid dienone is 1. The first-order valence-corrected chi connectivity index (χ1v) is 9.01. The summed E-state index contributed by atoms with van der Waals surface area (Å²) in [6, 6.07) is 9.83. The lowest BCUT2D eigenvalue weighted by atomic mass is 9.97. The van der Waals surface area contributed by atoms with Gasteiger partial charge in [0.05, 0.1) is 11.8 Å². The van der Waals surface area contributed by atoms with E-state index in [0.717, 1.165) is 12.0 Å². The Morgan fingerprint density at radius 1 is 1.00 bits per heavy atom. The first-order valence-electron chi connectivity index (χ1n) is 9.01. The van der Waals surface area contributed by atoms with Gasteiger partial charge in [-0.15, -0.1) is 0 Å². The summed E-state index contributed by atoms with van der Waals surface area (Å²) in [6.45, 7) is 1.22. The van der Waals surface area contributed by atoms with Crippen molar-refractivity contribution in [2.24, 2.45) is 11.8 Å². The highest BCUT2D eigenvalue weighted by atomic mass is 16.2. The lowest BCUT2D eigenvalue weighted by molar-refractivity contribution is -0.127. The largest absolute Gasteiger partial charge is 0.356 e. The van der Waals surface area contributed by atoms with Gasteiger partial charge in [-0.25, -0.2) is 0 Å². The van der Waals surface area contributed by atoms with E-state index in [2.05, 4.69) is 16.7 Å². The Morgan fingerprint density at radius 2 is 1.75 bits per heavy atom. The summed E-state index contributed by atoms with van der Waals surface area (Å²) in [5.74, 6) is -0.260. The second kappa shape index (κ2) is 8.13. The van der Waals surface area contributed by atoms with E-state index >= 15 is 0 Å². The highest BCUT2D eigenvalue weighted by Gasteiger charge is 2.47. The van der Waals surface area contributed by atoms with Crippen LogP contribution in [0.4, 0.5) is 0 Å². The second-order valence-electron chi connectivity index (χ2n) is 6.80. The van der Waals surface area contributed by atoms with Gasteiger partial charge in [0.1, 0.15) is 0 Å². The van der Waals surface area contributed by atoms with Crippen molar-refractivity contribution in [3.8, 4) is 0 Å². The zero-order chi connectivity index (χ0) is 16.8. The molecule has 1 fully saturated rings. The molecule has 0 aliphatic heterocycles. The lowest BCUT2D eigenvalue weighted by Gasteiger charge is -2.13. The number of carbonyl (C=O) groups excluding carboxylic acids is 2. The monoisotopic (exact) mass is 326 g/mol. The quantitative estimate of drug-likeness (QED) is 0.757. The number of benzene rings is 1. The predicted octanol–water partition coefficient (Wildman–Crippen LogP) is 2.95. The Bertz CT molecular complexity index is 609. The standard InChI is InChI=1S/C20H26N2O2/c23-19(21-12-11-15-7-3-1-4-8-15)17-13-18(17)20(24)22-14-16-9-5-2-6-10-16/h2,5-7,9-10,17-18H,1,3-4,8,11-14H2,(H,21,23)(H,22,24). The van der Waals surface area contributed by atoms with Gasteiger partial charge in [0.25, 0.3) is 0 Å². The molecule has 0 radical (unpaired) electrons. The van der Waals surface area contributed by atoms with Crippen LogP contribution in [0.3, 0.4) is 0 Å². The molecule has 3 rings (SSSR count). The summed E-state index contributed by atoms with van der Waals surface area (Å²) in [6.07, 6.45) is 8.84. The van der Waals surface area contributed by atoms with Gasteiger partial charge in [-0.2, -0.15) is 0 Å². The van der Waals surface area contributed by atoms with E-state index in [1.54, 1.807) is 0 Å². The molecule has 1 aromatic rings. The van der Waals surface area contributed by atoms with Gasteiger partial charge in [0, 0.05) is 13.1 Å². The average molecular weight is 326 g/mol. The third-order valence-electron chi connectivity index (χ3n) is 4.90. The van der Waals surface area contributed by atoms with E-state index < -0.39 is 0 Å². The van der Waals surface area contributed by atoms with Crippen molar-refractivity contribution in [2.45, 2.75) is 45.1 Å². The number of rotatable bonds is 7. The molecule has 4 nitrogen and oxygen atoms in total. The van der Waals surface area contributed by atoms with Crippen molar-refractivity contribution in [2.75, 3.05) is 6.54 Å². The van der Waals surface area contributed by atoms with Crippen LogP contribution >= 0.6 is 0 Å². The van der Waals surface area contributed by atoms with E-state index in [4.69, 9.17) is 0 Å². The summed E-state index contributed by atoms with van der Waals surface area (Å²) in [5, 5.41) is 5.92. The number of hydrogen-bond acceptors (Lipinski definition) is 2. The maximum absolute atomic E-state index is 12.1. The van der Waals surface area contributed by atoms with Crippen molar-refractivity contribution in [1.29, 1.82) is 0 Å². The Hall–Kier alpha value is -2.10. The molecule has 0 saturated heterocycles. The Balaban J connectivity index is 1.34. The van der Waals surface area contributed by atoms with E-state index in [9.17, 15) is 9.59 Å². The molecule has 1 aromatic carbocycles. The lowest BCUT2D eigenvalue weighted by Crippen LogP contribution is -2.30. The summed E-state index contributed by atoms with van der Waals surface area (Å²) in [7, 11) is 0. The van der Waals surface area contributed by atoms with Crippen LogP contribution in [0.15, 0.2) is 42.0 Å². The molecular weight excluding hydrogens is 300 g/mol. The van der Waals surface area contributed by atoms with Gasteiger partial charge in [-0.05, 0) is 44.1 Å². The summed E-state index contributed by atoms with van der Waals surface area (Å²) >= 11 is 0. The highest BCUT2D eigenvalue weighted by Crippen LogP contribution is 2.38. The average Bonchev–Trinajstić information content (AvgIpc) is 3.42. The number of carbonyl (C=O) groups is 2. The van der Waals surface area contributed by atoms with Crippen molar-refractivity contribution >= 4 is 11.8 Å². The fraction of sp³-hybridized carbons (Fsp3) is 0.500. The van der Waals surface area contributed by atoms with Crippen LogP contribution in [0.1, 0.15) is 44.1 Å². The maximum Gasteiger partial charge on any atom is 0.224 e. The summed E-state index contributed by atoms with van der Waals surface area (Å²) in [4.78, 5) is 24.2. The van der Waals surface area contributed by atoms with Gasteiger partial charge in [0.2, 0.25) is 11.8 Å². The van der Waals surface area contributed by atoms with Crippen molar-refractivity contribution in [3.05, 3.63) is 47.5 Å². The smallest absolute Gasteiger partial charge is 0.224 e. The van der Waals surface area contributed by atoms with Crippen LogP contribution in [0.25, 0.3) is 0 Å². The first-order chi connectivity index (χ1) is 11.7. The molecule has 1 saturated carbocycles. The minimum absolute atomic E-state index is 0.00556. The molecule has 2 amide bonds. The molecule has 0 spiro atoms. The third kappa shape index (κ3) is 4.70. The molecule has 24 heavy (non-hydrogen) atoms. The van der Waals surface area contributed by atoms with Gasteiger partial charge in [-0.3, -0.25) is 9.59 Å². The third-order valence-corrected chi connectivity index (χ3v) is 4.90. The predicted molar refractivity (Wildman–Crippen MR) is 94.1 cm³/mol. The molecule has 0 aromatic heterocycles. The molecule has 4 heteroatoms. The molecule has 128 valence electrons. The van der Waals surface area contributed by atoms with Crippen molar-refractivity contribution in [1.82, 2.24) is 10.6 Å². The minimum atomic E-state index is -0.150. The first kappa shape index (κ1) is 16.7. The van der Waals surface area contributed by atoms with Crippen LogP contribution in [0.5, 0.6) is 0 Å². The summed E-state index contributed by atoms with van der Waals surface area (Å²) in [5.41, 5.74) is 2.54. The maximum atomic E-state index is 12.1. The number of nitrogens with one attached hydrogen (secondary N) is 2. The second-order valence-corrected chi connectivity index (χ2v) is 6.80. The van der Waals surface area contributed by atoms with Gasteiger partial charge in [-0.1, -0.05) is 42.0 Å². The van der Waals surface area contributed by atoms with Gasteiger partial charge >= 0.3 is 0 Å². The molecule has 0 heterocycles. The molecule has 2 N–H and O–H groups in total.